The van der Waals surface area contributed by atoms with Crippen molar-refractivity contribution in [3.8, 4) is 11.8 Å². The largest absolute Gasteiger partial charge is 0.496 e. The van der Waals surface area contributed by atoms with Crippen LogP contribution in [0, 0.1) is 11.3 Å². The lowest BCUT2D eigenvalue weighted by Gasteiger charge is -2.40. The number of anilines is 1. The molecule has 9 heteroatoms. The van der Waals surface area contributed by atoms with Crippen LogP contribution in [0.4, 0.5) is 5.82 Å². The maximum absolute atomic E-state index is 13.3. The van der Waals surface area contributed by atoms with Crippen molar-refractivity contribution in [2.75, 3.05) is 51.8 Å². The number of rotatable bonds is 7. The standard InChI is InChI=1S/C29H34N6O3/c1-37-25-16-20(29(36)35-10-8-23(9-11-35)34-12-14-38-15-13-34)3-2-19(25)17-26-32-24-7-4-21(18-30)27(24)28(33-26)31-22-5-6-22/h2-4,16,22-23H,5-15,17H2,1H3,(H,31,32,33). The fourth-order valence-corrected chi connectivity index (χ4v) is 5.75. The molecule has 0 radical (unpaired) electrons. The summed E-state index contributed by atoms with van der Waals surface area (Å²) >= 11 is 0. The average molecular weight is 515 g/mol. The number of nitrogens with one attached hydrogen (secondary N) is 1. The second-order valence-electron chi connectivity index (χ2n) is 10.5. The predicted molar refractivity (Wildman–Crippen MR) is 143 cm³/mol. The van der Waals surface area contributed by atoms with Crippen molar-refractivity contribution in [1.29, 1.82) is 5.26 Å². The van der Waals surface area contributed by atoms with E-state index in [9.17, 15) is 10.1 Å². The first kappa shape index (κ1) is 24.8. The van der Waals surface area contributed by atoms with Crippen LogP contribution in [-0.4, -0.2) is 84.3 Å². The van der Waals surface area contributed by atoms with E-state index in [1.165, 1.54) is 0 Å². The summed E-state index contributed by atoms with van der Waals surface area (Å²) in [5.41, 5.74) is 3.95. The molecule has 3 heterocycles. The summed E-state index contributed by atoms with van der Waals surface area (Å²) in [4.78, 5) is 27.4. The van der Waals surface area contributed by atoms with Crippen molar-refractivity contribution in [2.45, 2.75) is 50.6 Å². The molecule has 1 aromatic heterocycles. The quantitative estimate of drug-likeness (QED) is 0.601. The molecule has 3 fully saturated rings. The SMILES string of the molecule is COc1cc(C(=O)N2CCC(N3CCOCC3)CC2)ccc1Cc1nc2c(c(NC3CC3)n1)C(C#N)=CC2. The molecule has 6 rings (SSSR count). The minimum Gasteiger partial charge on any atom is -0.496 e. The smallest absolute Gasteiger partial charge is 0.253 e. The Kier molecular flexibility index (Phi) is 7.00. The Morgan fingerprint density at radius 2 is 1.95 bits per heavy atom. The van der Waals surface area contributed by atoms with Crippen LogP contribution < -0.4 is 10.1 Å². The number of aromatic nitrogens is 2. The molecule has 38 heavy (non-hydrogen) atoms. The van der Waals surface area contributed by atoms with Crippen molar-refractivity contribution >= 4 is 17.3 Å². The molecule has 4 aliphatic rings. The van der Waals surface area contributed by atoms with Crippen molar-refractivity contribution in [1.82, 2.24) is 19.8 Å². The zero-order valence-corrected chi connectivity index (χ0v) is 21.9. The lowest BCUT2D eigenvalue weighted by molar-refractivity contribution is 0.00158. The summed E-state index contributed by atoms with van der Waals surface area (Å²) in [5.74, 6) is 2.15. The van der Waals surface area contributed by atoms with Gasteiger partial charge in [-0.05, 0) is 37.8 Å². The number of carbonyl (C=O) groups excluding carboxylic acids is 1. The minimum absolute atomic E-state index is 0.0510. The molecule has 198 valence electrons. The van der Waals surface area contributed by atoms with Crippen molar-refractivity contribution in [3.63, 3.8) is 0 Å². The number of allylic oxidation sites excluding steroid dienone is 2. The van der Waals surface area contributed by atoms with Gasteiger partial charge in [0.1, 0.15) is 17.4 Å². The van der Waals surface area contributed by atoms with Gasteiger partial charge in [0.05, 0.1) is 43.2 Å². The Hall–Kier alpha value is -3.48. The number of ether oxygens (including phenoxy) is 2. The highest BCUT2D eigenvalue weighted by Crippen LogP contribution is 2.35. The summed E-state index contributed by atoms with van der Waals surface area (Å²) in [5, 5.41) is 13.0. The molecule has 1 N–H and O–H groups in total. The van der Waals surface area contributed by atoms with Crippen LogP contribution in [-0.2, 0) is 17.6 Å². The Morgan fingerprint density at radius 1 is 1.16 bits per heavy atom. The highest BCUT2D eigenvalue weighted by Gasteiger charge is 2.30. The number of likely N-dealkylation sites (tertiary alicyclic amines) is 1. The Balaban J connectivity index is 1.16. The van der Waals surface area contributed by atoms with Crippen LogP contribution in [0.1, 0.15) is 58.7 Å². The first-order valence-corrected chi connectivity index (χ1v) is 13.7. The van der Waals surface area contributed by atoms with Crippen molar-refractivity contribution in [2.24, 2.45) is 0 Å². The van der Waals surface area contributed by atoms with E-state index in [2.05, 4.69) is 16.3 Å². The van der Waals surface area contributed by atoms with Gasteiger partial charge in [0.25, 0.3) is 5.91 Å². The molecule has 0 unspecified atom stereocenters. The minimum atomic E-state index is 0.0510. The molecular formula is C29H34N6O3. The van der Waals surface area contributed by atoms with Crippen molar-refractivity contribution < 1.29 is 14.3 Å². The van der Waals surface area contributed by atoms with E-state index >= 15 is 0 Å². The maximum atomic E-state index is 13.3. The van der Waals surface area contributed by atoms with Crippen LogP contribution in [0.5, 0.6) is 5.75 Å². The highest BCUT2D eigenvalue weighted by molar-refractivity contribution is 5.95. The number of hydrogen-bond donors (Lipinski definition) is 1. The van der Waals surface area contributed by atoms with Gasteiger partial charge in [0, 0.05) is 62.2 Å². The third-order valence-electron chi connectivity index (χ3n) is 8.03. The molecule has 0 atom stereocenters. The summed E-state index contributed by atoms with van der Waals surface area (Å²) in [6.07, 6.45) is 7.28. The number of morpholine rings is 1. The highest BCUT2D eigenvalue weighted by atomic mass is 16.5. The first-order chi connectivity index (χ1) is 18.6. The molecule has 1 saturated carbocycles. The maximum Gasteiger partial charge on any atom is 0.253 e. The molecule has 0 spiro atoms. The fourth-order valence-electron chi connectivity index (χ4n) is 5.75. The van der Waals surface area contributed by atoms with Gasteiger partial charge in [-0.25, -0.2) is 9.97 Å². The molecule has 0 bridgehead atoms. The molecule has 1 aromatic carbocycles. The number of carbonyl (C=O) groups is 1. The number of piperidine rings is 1. The molecule has 2 aromatic rings. The zero-order chi connectivity index (χ0) is 26.1. The predicted octanol–water partition coefficient (Wildman–Crippen LogP) is 3.05. The summed E-state index contributed by atoms with van der Waals surface area (Å²) < 4.78 is 11.2. The summed E-state index contributed by atoms with van der Waals surface area (Å²) in [6, 6.07) is 8.92. The molecule has 1 amide bonds. The molecule has 2 aliphatic heterocycles. The van der Waals surface area contributed by atoms with Crippen LogP contribution >= 0.6 is 0 Å². The lowest BCUT2D eigenvalue weighted by Crippen LogP contribution is -2.50. The number of fused-ring (bicyclic) bond motifs is 1. The third kappa shape index (κ3) is 5.11. The molecule has 9 nitrogen and oxygen atoms in total. The van der Waals surface area contributed by atoms with E-state index in [1.807, 2.05) is 29.2 Å². The number of hydrogen-bond acceptors (Lipinski definition) is 8. The van der Waals surface area contributed by atoms with Gasteiger partial charge in [-0.1, -0.05) is 12.1 Å². The van der Waals surface area contributed by atoms with E-state index in [0.717, 1.165) is 87.7 Å². The first-order valence-electron chi connectivity index (χ1n) is 13.7. The Morgan fingerprint density at radius 3 is 2.66 bits per heavy atom. The molecule has 2 aliphatic carbocycles. The zero-order valence-electron chi connectivity index (χ0n) is 21.9. The van der Waals surface area contributed by atoms with Gasteiger partial charge in [-0.3, -0.25) is 9.69 Å². The normalized spacial score (nSPS) is 20.0. The van der Waals surface area contributed by atoms with Crippen LogP contribution in [0.25, 0.3) is 5.57 Å². The van der Waals surface area contributed by atoms with Gasteiger partial charge < -0.3 is 19.7 Å². The lowest BCUT2D eigenvalue weighted by atomic mass is 10.0. The van der Waals surface area contributed by atoms with Crippen LogP contribution in [0.3, 0.4) is 0 Å². The molecule has 2 saturated heterocycles. The van der Waals surface area contributed by atoms with E-state index in [0.29, 0.717) is 47.6 Å². The van der Waals surface area contributed by atoms with Crippen LogP contribution in [0.2, 0.25) is 0 Å². The van der Waals surface area contributed by atoms with Crippen LogP contribution in [0.15, 0.2) is 24.3 Å². The number of nitriles is 1. The Labute approximate surface area is 223 Å². The topological polar surface area (TPSA) is 104 Å². The van der Waals surface area contributed by atoms with Gasteiger partial charge in [-0.2, -0.15) is 5.26 Å². The van der Waals surface area contributed by atoms with Crippen molar-refractivity contribution in [3.05, 3.63) is 52.5 Å². The van der Waals surface area contributed by atoms with E-state index in [1.54, 1.807) is 7.11 Å². The van der Waals surface area contributed by atoms with E-state index in [-0.39, 0.29) is 5.91 Å². The summed E-state index contributed by atoms with van der Waals surface area (Å²) in [7, 11) is 1.63. The van der Waals surface area contributed by atoms with Gasteiger partial charge >= 0.3 is 0 Å². The van der Waals surface area contributed by atoms with E-state index in [4.69, 9.17) is 19.4 Å². The fraction of sp³-hybridized carbons (Fsp3) is 0.517. The number of amides is 1. The van der Waals surface area contributed by atoms with Gasteiger partial charge in [0.2, 0.25) is 0 Å². The second kappa shape index (κ2) is 10.7. The van der Waals surface area contributed by atoms with E-state index < -0.39 is 0 Å². The number of methoxy groups -OCH3 is 1. The molecular weight excluding hydrogens is 480 g/mol. The monoisotopic (exact) mass is 514 g/mol. The van der Waals surface area contributed by atoms with Gasteiger partial charge in [0.15, 0.2) is 0 Å². The summed E-state index contributed by atoms with van der Waals surface area (Å²) in [6.45, 7) is 5.11. The third-order valence-corrected chi connectivity index (χ3v) is 8.03. The number of benzene rings is 1. The average Bonchev–Trinajstić information content (AvgIpc) is 3.69. The van der Waals surface area contributed by atoms with Gasteiger partial charge in [-0.15, -0.1) is 0 Å². The Bertz CT molecular complexity index is 1280. The number of nitrogens with zero attached hydrogens (tertiary/aromatic N) is 5. The second-order valence-corrected chi connectivity index (χ2v) is 10.5.